The Morgan fingerprint density at radius 3 is 1.86 bits per heavy atom. The van der Waals surface area contributed by atoms with Gasteiger partial charge in [-0.25, -0.2) is 0 Å². The van der Waals surface area contributed by atoms with Crippen LogP contribution in [0.25, 0.3) is 0 Å². The number of hydrogen-bond acceptors (Lipinski definition) is 3. The highest BCUT2D eigenvalue weighted by molar-refractivity contribution is 5.25. The SMILES string of the molecule is CC.CN(C)C1(c2ccccc2)CCC2(CC1)OCCO2. The van der Waals surface area contributed by atoms with E-state index in [-0.39, 0.29) is 11.3 Å². The lowest BCUT2D eigenvalue weighted by atomic mass is 9.73. The van der Waals surface area contributed by atoms with Crippen LogP contribution in [0.4, 0.5) is 0 Å². The van der Waals surface area contributed by atoms with Crippen molar-refractivity contribution in [2.75, 3.05) is 27.3 Å². The first-order valence-electron chi connectivity index (χ1n) is 8.18. The smallest absolute Gasteiger partial charge is 0.168 e. The number of hydrogen-bond donors (Lipinski definition) is 0. The first-order chi connectivity index (χ1) is 10.2. The standard InChI is InChI=1S/C16H23NO2.C2H6/c1-17(2)15(14-6-4-3-5-7-14)8-10-16(11-9-15)18-12-13-19-16;1-2/h3-7H,8-13H2,1-2H3;1-2H3. The zero-order valence-electron chi connectivity index (χ0n) is 13.9. The third kappa shape index (κ3) is 3.15. The molecule has 0 bridgehead atoms. The van der Waals surface area contributed by atoms with Gasteiger partial charge in [-0.05, 0) is 32.5 Å². The van der Waals surface area contributed by atoms with Crippen LogP contribution < -0.4 is 0 Å². The minimum atomic E-state index is -0.283. The Kier molecular flexibility index (Phi) is 5.42. The van der Waals surface area contributed by atoms with Gasteiger partial charge in [0, 0.05) is 18.4 Å². The number of benzene rings is 1. The van der Waals surface area contributed by atoms with Gasteiger partial charge in [-0.1, -0.05) is 44.2 Å². The highest BCUT2D eigenvalue weighted by Gasteiger charge is 2.47. The molecule has 1 aliphatic carbocycles. The minimum Gasteiger partial charge on any atom is -0.348 e. The van der Waals surface area contributed by atoms with Crippen LogP contribution >= 0.6 is 0 Å². The van der Waals surface area contributed by atoms with Crippen molar-refractivity contribution >= 4 is 0 Å². The van der Waals surface area contributed by atoms with Gasteiger partial charge in [-0.2, -0.15) is 0 Å². The van der Waals surface area contributed by atoms with E-state index >= 15 is 0 Å². The molecule has 3 heteroatoms. The van der Waals surface area contributed by atoms with Gasteiger partial charge in [0.15, 0.2) is 5.79 Å². The molecule has 2 aliphatic rings. The Hall–Kier alpha value is -0.900. The number of nitrogens with zero attached hydrogens (tertiary/aromatic N) is 1. The van der Waals surface area contributed by atoms with E-state index in [0.29, 0.717) is 0 Å². The van der Waals surface area contributed by atoms with Gasteiger partial charge in [-0.15, -0.1) is 0 Å². The van der Waals surface area contributed by atoms with Crippen molar-refractivity contribution in [3.8, 4) is 0 Å². The summed E-state index contributed by atoms with van der Waals surface area (Å²) in [6.45, 7) is 5.50. The molecule has 1 saturated heterocycles. The van der Waals surface area contributed by atoms with Crippen molar-refractivity contribution in [3.05, 3.63) is 35.9 Å². The fraction of sp³-hybridized carbons (Fsp3) is 0.667. The van der Waals surface area contributed by atoms with Gasteiger partial charge in [0.05, 0.1) is 13.2 Å². The average molecular weight is 291 g/mol. The van der Waals surface area contributed by atoms with E-state index in [0.717, 1.165) is 38.9 Å². The predicted molar refractivity (Wildman–Crippen MR) is 86.3 cm³/mol. The highest BCUT2D eigenvalue weighted by atomic mass is 16.7. The van der Waals surface area contributed by atoms with Crippen LogP contribution in [-0.2, 0) is 15.0 Å². The summed E-state index contributed by atoms with van der Waals surface area (Å²) < 4.78 is 11.7. The molecule has 3 rings (SSSR count). The Balaban J connectivity index is 0.000000774. The molecule has 0 amide bonds. The van der Waals surface area contributed by atoms with Crippen LogP contribution in [0.5, 0.6) is 0 Å². The third-order valence-electron chi connectivity index (χ3n) is 4.82. The van der Waals surface area contributed by atoms with Crippen molar-refractivity contribution in [1.82, 2.24) is 4.90 Å². The van der Waals surface area contributed by atoms with Crippen molar-refractivity contribution in [3.63, 3.8) is 0 Å². The van der Waals surface area contributed by atoms with Gasteiger partial charge in [-0.3, -0.25) is 4.90 Å². The van der Waals surface area contributed by atoms with Gasteiger partial charge in [0.1, 0.15) is 0 Å². The molecule has 0 radical (unpaired) electrons. The minimum absolute atomic E-state index is 0.127. The zero-order valence-corrected chi connectivity index (χ0v) is 13.9. The van der Waals surface area contributed by atoms with Crippen LogP contribution in [-0.4, -0.2) is 38.0 Å². The van der Waals surface area contributed by atoms with E-state index in [9.17, 15) is 0 Å². The Morgan fingerprint density at radius 2 is 1.38 bits per heavy atom. The molecule has 0 atom stereocenters. The molecule has 2 fully saturated rings. The lowest BCUT2D eigenvalue weighted by Gasteiger charge is -2.48. The lowest BCUT2D eigenvalue weighted by molar-refractivity contribution is -0.193. The fourth-order valence-corrected chi connectivity index (χ4v) is 3.57. The van der Waals surface area contributed by atoms with Gasteiger partial charge in [0.25, 0.3) is 0 Å². The maximum absolute atomic E-state index is 5.85. The second kappa shape index (κ2) is 6.91. The molecule has 1 aromatic rings. The summed E-state index contributed by atoms with van der Waals surface area (Å²) in [4.78, 5) is 2.37. The second-order valence-electron chi connectivity index (χ2n) is 5.90. The highest BCUT2D eigenvalue weighted by Crippen LogP contribution is 2.47. The molecule has 1 aromatic carbocycles. The van der Waals surface area contributed by atoms with E-state index in [1.807, 2.05) is 13.8 Å². The molecular formula is C18H29NO2. The average Bonchev–Trinajstić information content (AvgIpc) is 2.99. The summed E-state index contributed by atoms with van der Waals surface area (Å²) >= 11 is 0. The maximum Gasteiger partial charge on any atom is 0.168 e. The normalized spacial score (nSPS) is 22.9. The van der Waals surface area contributed by atoms with Gasteiger partial charge in [0.2, 0.25) is 0 Å². The molecular weight excluding hydrogens is 262 g/mol. The van der Waals surface area contributed by atoms with E-state index in [1.54, 1.807) is 0 Å². The van der Waals surface area contributed by atoms with E-state index < -0.39 is 0 Å². The molecule has 3 nitrogen and oxygen atoms in total. The monoisotopic (exact) mass is 291 g/mol. The number of rotatable bonds is 2. The largest absolute Gasteiger partial charge is 0.348 e. The van der Waals surface area contributed by atoms with E-state index in [2.05, 4.69) is 49.3 Å². The van der Waals surface area contributed by atoms with Gasteiger partial charge >= 0.3 is 0 Å². The van der Waals surface area contributed by atoms with Gasteiger partial charge < -0.3 is 9.47 Å². The Bertz CT molecular complexity index is 414. The van der Waals surface area contributed by atoms with Crippen molar-refractivity contribution in [2.45, 2.75) is 50.9 Å². The molecule has 1 saturated carbocycles. The molecule has 1 aliphatic heterocycles. The third-order valence-corrected chi connectivity index (χ3v) is 4.82. The van der Waals surface area contributed by atoms with Crippen molar-refractivity contribution in [2.24, 2.45) is 0 Å². The lowest BCUT2D eigenvalue weighted by Crippen LogP contribution is -2.49. The molecule has 118 valence electrons. The summed E-state index contributed by atoms with van der Waals surface area (Å²) in [5.74, 6) is -0.283. The predicted octanol–water partition coefficient (Wildman–Crippen LogP) is 3.79. The van der Waals surface area contributed by atoms with E-state index in [1.165, 1.54) is 5.56 Å². The van der Waals surface area contributed by atoms with Crippen LogP contribution in [0.2, 0.25) is 0 Å². The van der Waals surface area contributed by atoms with Crippen molar-refractivity contribution in [1.29, 1.82) is 0 Å². The molecule has 1 heterocycles. The maximum atomic E-state index is 5.85. The molecule has 21 heavy (non-hydrogen) atoms. The molecule has 1 spiro atoms. The van der Waals surface area contributed by atoms with Crippen LogP contribution in [0.1, 0.15) is 45.1 Å². The second-order valence-corrected chi connectivity index (χ2v) is 5.90. The summed E-state index contributed by atoms with van der Waals surface area (Å²) in [6, 6.07) is 10.8. The molecule has 0 unspecified atom stereocenters. The summed E-state index contributed by atoms with van der Waals surface area (Å²) in [5, 5.41) is 0. The number of ether oxygens (including phenoxy) is 2. The topological polar surface area (TPSA) is 21.7 Å². The first kappa shape index (κ1) is 16.5. The fourth-order valence-electron chi connectivity index (χ4n) is 3.57. The van der Waals surface area contributed by atoms with E-state index in [4.69, 9.17) is 9.47 Å². The summed E-state index contributed by atoms with van der Waals surface area (Å²) in [5.41, 5.74) is 1.54. The summed E-state index contributed by atoms with van der Waals surface area (Å²) in [7, 11) is 4.36. The molecule has 0 N–H and O–H groups in total. The first-order valence-corrected chi connectivity index (χ1v) is 8.18. The van der Waals surface area contributed by atoms with Crippen LogP contribution in [0.15, 0.2) is 30.3 Å². The molecule has 0 aromatic heterocycles. The summed E-state index contributed by atoms with van der Waals surface area (Å²) in [6.07, 6.45) is 4.15. The Labute approximate surface area is 129 Å². The van der Waals surface area contributed by atoms with Crippen LogP contribution in [0.3, 0.4) is 0 Å². The van der Waals surface area contributed by atoms with Crippen LogP contribution in [0, 0.1) is 0 Å². The van der Waals surface area contributed by atoms with Crippen molar-refractivity contribution < 1.29 is 9.47 Å². The zero-order chi connectivity index (χ0) is 15.3. The Morgan fingerprint density at radius 1 is 0.857 bits per heavy atom. The quantitative estimate of drug-likeness (QED) is 0.827.